The van der Waals surface area contributed by atoms with E-state index in [0.29, 0.717) is 5.76 Å². The molecule has 1 unspecified atom stereocenters. The summed E-state index contributed by atoms with van der Waals surface area (Å²) < 4.78 is 23.4. The minimum Gasteiger partial charge on any atom is -0.468 e. The van der Waals surface area contributed by atoms with Gasteiger partial charge in [0.2, 0.25) is 6.29 Å². The number of methoxy groups -OCH3 is 1. The van der Waals surface area contributed by atoms with Crippen molar-refractivity contribution in [1.82, 2.24) is 0 Å². The normalized spacial score (nSPS) is 41.4. The largest absolute Gasteiger partial charge is 0.468 e. The molecule has 144 valence electrons. The average Bonchev–Trinajstić information content (AvgIpc) is 3.18. The van der Waals surface area contributed by atoms with Gasteiger partial charge in [-0.25, -0.2) is 0 Å². The van der Waals surface area contributed by atoms with Gasteiger partial charge in [-0.3, -0.25) is 14.4 Å². The Morgan fingerprint density at radius 1 is 1.15 bits per heavy atom. The van der Waals surface area contributed by atoms with E-state index < -0.39 is 47.2 Å². The predicted molar refractivity (Wildman–Crippen MR) is 89.9 cm³/mol. The Balaban J connectivity index is 1.55. The fourth-order valence-electron chi connectivity index (χ4n) is 5.45. The Labute approximate surface area is 156 Å². The first-order valence-electron chi connectivity index (χ1n) is 9.58. The molecule has 0 aromatic rings. The third-order valence-electron chi connectivity index (χ3n) is 6.71. The average molecular weight is 374 g/mol. The Morgan fingerprint density at radius 3 is 2.67 bits per heavy atom. The molecule has 2 heterocycles. The van der Waals surface area contributed by atoms with Gasteiger partial charge in [0, 0.05) is 12.8 Å². The van der Waals surface area contributed by atoms with Crippen LogP contribution in [0.15, 0.2) is 24.0 Å². The Kier molecular flexibility index (Phi) is 3.65. The van der Waals surface area contributed by atoms with Gasteiger partial charge in [-0.1, -0.05) is 6.42 Å². The number of esters is 1. The number of fused-ring (bicyclic) bond motifs is 5. The summed E-state index contributed by atoms with van der Waals surface area (Å²) in [4.78, 5) is 38.3. The van der Waals surface area contributed by atoms with Gasteiger partial charge in [0.15, 0.2) is 17.4 Å². The standard InChI is InChI=1S/C20H22O7/c1-24-18(23)20-10-7-12-14(15(20)11(21)5-6-13(20)22)16-17(25-12)27-19(26-16)8-3-2-4-9-19/h5-7,14-17H,2-4,8-10H2,1H3/t14-,15?,16-,17-,20+/m1/s1. The first kappa shape index (κ1) is 17.1. The van der Waals surface area contributed by atoms with Gasteiger partial charge < -0.3 is 18.9 Å². The first-order chi connectivity index (χ1) is 13.0. The molecule has 0 aromatic carbocycles. The SMILES string of the molecule is COC(=O)[C@]12CC=C3O[C@@H]4OC5(CCCCC5)O[C@@H]4[C@H]3C1C(=O)C=CC2=O. The number of allylic oxidation sites excluding steroid dienone is 3. The quantitative estimate of drug-likeness (QED) is 0.511. The van der Waals surface area contributed by atoms with Crippen molar-refractivity contribution in [2.45, 2.75) is 56.7 Å². The van der Waals surface area contributed by atoms with E-state index in [1.807, 2.05) is 0 Å². The van der Waals surface area contributed by atoms with Gasteiger partial charge in [0.1, 0.15) is 17.3 Å². The summed E-state index contributed by atoms with van der Waals surface area (Å²) in [5.41, 5.74) is -1.54. The van der Waals surface area contributed by atoms with E-state index in [4.69, 9.17) is 18.9 Å². The lowest BCUT2D eigenvalue weighted by molar-refractivity contribution is -0.227. The molecule has 27 heavy (non-hydrogen) atoms. The van der Waals surface area contributed by atoms with Crippen molar-refractivity contribution < 1.29 is 33.3 Å². The first-order valence-corrected chi connectivity index (χ1v) is 9.58. The lowest BCUT2D eigenvalue weighted by atomic mass is 9.57. The monoisotopic (exact) mass is 374 g/mol. The van der Waals surface area contributed by atoms with E-state index in [1.165, 1.54) is 19.3 Å². The lowest BCUT2D eigenvalue weighted by Crippen LogP contribution is -2.56. The minimum atomic E-state index is -1.54. The van der Waals surface area contributed by atoms with E-state index in [-0.39, 0.29) is 12.2 Å². The molecular formula is C20H22O7. The fourth-order valence-corrected chi connectivity index (χ4v) is 5.45. The minimum absolute atomic E-state index is 0.0790. The molecule has 5 atom stereocenters. The Bertz CT molecular complexity index is 775. The molecule has 0 bridgehead atoms. The van der Waals surface area contributed by atoms with Crippen LogP contribution in [0.5, 0.6) is 0 Å². The maximum Gasteiger partial charge on any atom is 0.320 e. The number of ether oxygens (including phenoxy) is 4. The highest BCUT2D eigenvalue weighted by molar-refractivity contribution is 6.18. The molecule has 3 aliphatic carbocycles. The lowest BCUT2D eigenvalue weighted by Gasteiger charge is -2.43. The summed E-state index contributed by atoms with van der Waals surface area (Å²) in [5.74, 6) is -2.86. The molecule has 2 saturated heterocycles. The van der Waals surface area contributed by atoms with E-state index in [1.54, 1.807) is 6.08 Å². The van der Waals surface area contributed by atoms with Crippen LogP contribution in [0.2, 0.25) is 0 Å². The van der Waals surface area contributed by atoms with Gasteiger partial charge in [0.25, 0.3) is 0 Å². The summed E-state index contributed by atoms with van der Waals surface area (Å²) in [6, 6.07) is 0. The van der Waals surface area contributed by atoms with Crippen LogP contribution in [-0.2, 0) is 33.3 Å². The van der Waals surface area contributed by atoms with Gasteiger partial charge in [-0.2, -0.15) is 0 Å². The summed E-state index contributed by atoms with van der Waals surface area (Å²) in [5, 5.41) is 0. The Hall–Kier alpha value is -1.99. The van der Waals surface area contributed by atoms with Gasteiger partial charge in [-0.15, -0.1) is 0 Å². The molecule has 0 radical (unpaired) electrons. The number of ketones is 2. The van der Waals surface area contributed by atoms with Crippen molar-refractivity contribution in [3.05, 3.63) is 24.0 Å². The second-order valence-electron chi connectivity index (χ2n) is 8.03. The number of rotatable bonds is 1. The predicted octanol–water partition coefficient (Wildman–Crippen LogP) is 1.81. The van der Waals surface area contributed by atoms with E-state index in [2.05, 4.69) is 0 Å². The van der Waals surface area contributed by atoms with E-state index in [9.17, 15) is 14.4 Å². The van der Waals surface area contributed by atoms with Crippen LogP contribution in [0.4, 0.5) is 0 Å². The topological polar surface area (TPSA) is 88.1 Å². The van der Waals surface area contributed by atoms with Crippen LogP contribution in [0.25, 0.3) is 0 Å². The second kappa shape index (κ2) is 5.75. The van der Waals surface area contributed by atoms with Gasteiger partial charge in [0.05, 0.1) is 18.9 Å². The molecule has 0 amide bonds. The summed E-state index contributed by atoms with van der Waals surface area (Å²) >= 11 is 0. The second-order valence-corrected chi connectivity index (χ2v) is 8.03. The zero-order chi connectivity index (χ0) is 18.8. The maximum absolute atomic E-state index is 12.9. The van der Waals surface area contributed by atoms with Crippen LogP contribution >= 0.6 is 0 Å². The molecular weight excluding hydrogens is 352 g/mol. The number of hydrogen-bond donors (Lipinski definition) is 0. The van der Waals surface area contributed by atoms with Crippen LogP contribution in [0.3, 0.4) is 0 Å². The molecule has 0 N–H and O–H groups in total. The van der Waals surface area contributed by atoms with Crippen molar-refractivity contribution in [3.8, 4) is 0 Å². The van der Waals surface area contributed by atoms with Crippen LogP contribution in [-0.4, -0.2) is 42.8 Å². The number of hydrogen-bond acceptors (Lipinski definition) is 7. The molecule has 7 nitrogen and oxygen atoms in total. The summed E-state index contributed by atoms with van der Waals surface area (Å²) in [7, 11) is 1.24. The highest BCUT2D eigenvalue weighted by Crippen LogP contribution is 2.57. The molecule has 5 rings (SSSR count). The van der Waals surface area contributed by atoms with Crippen LogP contribution in [0, 0.1) is 17.3 Å². The smallest absolute Gasteiger partial charge is 0.320 e. The summed E-state index contributed by atoms with van der Waals surface area (Å²) in [6.45, 7) is 0. The fraction of sp³-hybridized carbons (Fsp3) is 0.650. The number of carbonyl (C=O) groups excluding carboxylic acids is 3. The van der Waals surface area contributed by atoms with E-state index >= 15 is 0 Å². The maximum atomic E-state index is 12.9. The van der Waals surface area contributed by atoms with Crippen molar-refractivity contribution in [2.75, 3.05) is 7.11 Å². The van der Waals surface area contributed by atoms with E-state index in [0.717, 1.165) is 32.1 Å². The van der Waals surface area contributed by atoms with Crippen molar-refractivity contribution >= 4 is 17.5 Å². The van der Waals surface area contributed by atoms with Gasteiger partial charge in [-0.05, 0) is 37.5 Å². The zero-order valence-electron chi connectivity index (χ0n) is 15.1. The molecule has 1 spiro atoms. The van der Waals surface area contributed by atoms with Crippen molar-refractivity contribution in [2.24, 2.45) is 17.3 Å². The van der Waals surface area contributed by atoms with Crippen LogP contribution < -0.4 is 0 Å². The van der Waals surface area contributed by atoms with Gasteiger partial charge >= 0.3 is 5.97 Å². The molecule has 1 saturated carbocycles. The third-order valence-corrected chi connectivity index (χ3v) is 6.71. The van der Waals surface area contributed by atoms with Crippen molar-refractivity contribution in [1.29, 1.82) is 0 Å². The molecule has 5 aliphatic rings. The zero-order valence-corrected chi connectivity index (χ0v) is 15.1. The number of carbonyl (C=O) groups is 3. The third kappa shape index (κ3) is 2.18. The highest BCUT2D eigenvalue weighted by Gasteiger charge is 2.68. The summed E-state index contributed by atoms with van der Waals surface area (Å²) in [6.07, 6.45) is 7.89. The van der Waals surface area contributed by atoms with Crippen molar-refractivity contribution in [3.63, 3.8) is 0 Å². The molecule has 0 aromatic heterocycles. The Morgan fingerprint density at radius 2 is 1.93 bits per heavy atom. The molecule has 3 fully saturated rings. The highest BCUT2D eigenvalue weighted by atomic mass is 16.8. The molecule has 7 heteroatoms. The molecule has 2 aliphatic heterocycles. The van der Waals surface area contributed by atoms with Crippen LogP contribution in [0.1, 0.15) is 38.5 Å².